The highest BCUT2D eigenvalue weighted by Crippen LogP contribution is 2.23. The van der Waals surface area contributed by atoms with Crippen molar-refractivity contribution in [3.8, 4) is 17.5 Å². The van der Waals surface area contributed by atoms with Gasteiger partial charge in [-0.15, -0.1) is 10.2 Å². The molecule has 8 heteroatoms. The number of halogens is 1. The summed E-state index contributed by atoms with van der Waals surface area (Å²) >= 11 is 3.43. The SMILES string of the molecule is Cn1ncc(-c2nnn(Cc3ccc(C#N)cc3)n2)c1Br. The summed E-state index contributed by atoms with van der Waals surface area (Å²) in [4.78, 5) is 1.51. The molecule has 0 saturated heterocycles. The maximum atomic E-state index is 8.77. The van der Waals surface area contributed by atoms with Crippen molar-refractivity contribution in [2.24, 2.45) is 7.05 Å². The first-order valence-corrected chi connectivity index (χ1v) is 6.91. The molecule has 3 rings (SSSR count). The van der Waals surface area contributed by atoms with Gasteiger partial charge in [0, 0.05) is 7.05 Å². The predicted molar refractivity (Wildman–Crippen MR) is 78.0 cm³/mol. The lowest BCUT2D eigenvalue weighted by Gasteiger charge is -1.99. The molecule has 21 heavy (non-hydrogen) atoms. The molecule has 0 bridgehead atoms. The molecule has 7 nitrogen and oxygen atoms in total. The maximum Gasteiger partial charge on any atom is 0.209 e. The maximum absolute atomic E-state index is 8.77. The monoisotopic (exact) mass is 343 g/mol. The summed E-state index contributed by atoms with van der Waals surface area (Å²) in [6.45, 7) is 0.497. The van der Waals surface area contributed by atoms with Crippen LogP contribution in [0.3, 0.4) is 0 Å². The standard InChI is InChI=1S/C13H10BrN7/c1-20-12(14)11(7-16-20)13-17-19-21(18-13)8-10-4-2-9(6-15)3-5-10/h2-5,7H,8H2,1H3. The van der Waals surface area contributed by atoms with E-state index in [1.165, 1.54) is 4.80 Å². The molecular weight excluding hydrogens is 334 g/mol. The fourth-order valence-electron chi connectivity index (χ4n) is 1.84. The highest BCUT2D eigenvalue weighted by atomic mass is 79.9. The smallest absolute Gasteiger partial charge is 0.209 e. The summed E-state index contributed by atoms with van der Waals surface area (Å²) in [6, 6.07) is 9.38. The molecule has 2 aromatic heterocycles. The quantitative estimate of drug-likeness (QED) is 0.723. The Balaban J connectivity index is 1.82. The minimum atomic E-state index is 0.497. The lowest BCUT2D eigenvalue weighted by molar-refractivity contribution is 0.573. The third-order valence-electron chi connectivity index (χ3n) is 2.97. The van der Waals surface area contributed by atoms with Crippen molar-refractivity contribution >= 4 is 15.9 Å². The second-order valence-corrected chi connectivity index (χ2v) is 5.18. The fraction of sp³-hybridized carbons (Fsp3) is 0.154. The molecule has 0 radical (unpaired) electrons. The summed E-state index contributed by atoms with van der Waals surface area (Å²) in [5.41, 5.74) is 2.43. The zero-order valence-corrected chi connectivity index (χ0v) is 12.7. The van der Waals surface area contributed by atoms with Crippen molar-refractivity contribution in [3.05, 3.63) is 46.2 Å². The van der Waals surface area contributed by atoms with E-state index in [4.69, 9.17) is 5.26 Å². The Morgan fingerprint density at radius 2 is 2.05 bits per heavy atom. The molecule has 104 valence electrons. The molecule has 0 atom stereocenters. The van der Waals surface area contributed by atoms with Gasteiger partial charge < -0.3 is 0 Å². The average Bonchev–Trinajstić information content (AvgIpc) is 3.08. The van der Waals surface area contributed by atoms with Crippen LogP contribution in [0, 0.1) is 11.3 Å². The molecule has 0 unspecified atom stereocenters. The van der Waals surface area contributed by atoms with Crippen molar-refractivity contribution in [2.75, 3.05) is 0 Å². The molecule has 0 fully saturated rings. The summed E-state index contributed by atoms with van der Waals surface area (Å²) in [5, 5.41) is 25.3. The van der Waals surface area contributed by atoms with Crippen LogP contribution < -0.4 is 0 Å². The number of aryl methyl sites for hydroxylation is 1. The number of benzene rings is 1. The summed E-state index contributed by atoms with van der Waals surface area (Å²) in [5.74, 6) is 0.517. The van der Waals surface area contributed by atoms with Gasteiger partial charge in [0.1, 0.15) is 4.60 Å². The summed E-state index contributed by atoms with van der Waals surface area (Å²) in [7, 11) is 1.83. The van der Waals surface area contributed by atoms with E-state index in [0.717, 1.165) is 15.7 Å². The fourth-order valence-corrected chi connectivity index (χ4v) is 2.21. The molecule has 1 aromatic carbocycles. The number of rotatable bonds is 3. The Bertz CT molecular complexity index is 810. The van der Waals surface area contributed by atoms with Crippen LogP contribution in [0.15, 0.2) is 35.1 Å². The Morgan fingerprint density at radius 3 is 2.67 bits per heavy atom. The summed E-state index contributed by atoms with van der Waals surface area (Å²) < 4.78 is 2.50. The number of nitriles is 1. The molecule has 0 amide bonds. The van der Waals surface area contributed by atoms with Gasteiger partial charge >= 0.3 is 0 Å². The van der Waals surface area contributed by atoms with Gasteiger partial charge in [0.25, 0.3) is 0 Å². The molecule has 0 aliphatic rings. The Kier molecular flexibility index (Phi) is 3.50. The second-order valence-electron chi connectivity index (χ2n) is 4.42. The Morgan fingerprint density at radius 1 is 1.29 bits per heavy atom. The molecule has 0 aliphatic carbocycles. The van der Waals surface area contributed by atoms with E-state index in [1.807, 2.05) is 19.2 Å². The zero-order chi connectivity index (χ0) is 14.8. The number of hydrogen-bond acceptors (Lipinski definition) is 5. The van der Waals surface area contributed by atoms with Crippen LogP contribution in [0.1, 0.15) is 11.1 Å². The van der Waals surface area contributed by atoms with Crippen molar-refractivity contribution in [1.82, 2.24) is 30.0 Å². The molecular formula is C13H10BrN7. The lowest BCUT2D eigenvalue weighted by atomic mass is 10.1. The van der Waals surface area contributed by atoms with E-state index >= 15 is 0 Å². The third-order valence-corrected chi connectivity index (χ3v) is 3.91. The van der Waals surface area contributed by atoms with Crippen LogP contribution in [0.5, 0.6) is 0 Å². The van der Waals surface area contributed by atoms with E-state index in [-0.39, 0.29) is 0 Å². The van der Waals surface area contributed by atoms with Gasteiger partial charge in [-0.05, 0) is 38.8 Å². The average molecular weight is 344 g/mol. The molecule has 0 aliphatic heterocycles. The Hall–Kier alpha value is -2.53. The summed E-state index contributed by atoms with van der Waals surface area (Å²) in [6.07, 6.45) is 1.69. The lowest BCUT2D eigenvalue weighted by Crippen LogP contribution is -2.04. The van der Waals surface area contributed by atoms with Gasteiger partial charge in [-0.3, -0.25) is 4.68 Å². The largest absolute Gasteiger partial charge is 0.261 e. The first-order valence-electron chi connectivity index (χ1n) is 6.12. The number of hydrogen-bond donors (Lipinski definition) is 0. The van der Waals surface area contributed by atoms with Crippen LogP contribution in [-0.2, 0) is 13.6 Å². The van der Waals surface area contributed by atoms with Gasteiger partial charge in [0.05, 0.1) is 29.9 Å². The van der Waals surface area contributed by atoms with Crippen LogP contribution >= 0.6 is 15.9 Å². The van der Waals surface area contributed by atoms with Crippen LogP contribution in [0.4, 0.5) is 0 Å². The van der Waals surface area contributed by atoms with Crippen molar-refractivity contribution in [2.45, 2.75) is 6.54 Å². The number of nitrogens with zero attached hydrogens (tertiary/aromatic N) is 7. The van der Waals surface area contributed by atoms with Crippen molar-refractivity contribution in [3.63, 3.8) is 0 Å². The molecule has 3 aromatic rings. The highest BCUT2D eigenvalue weighted by Gasteiger charge is 2.13. The minimum Gasteiger partial charge on any atom is -0.261 e. The predicted octanol–water partition coefficient (Wildman–Crippen LogP) is 1.76. The van der Waals surface area contributed by atoms with Crippen LogP contribution in [-0.4, -0.2) is 30.0 Å². The third kappa shape index (κ3) is 2.68. The highest BCUT2D eigenvalue weighted by molar-refractivity contribution is 9.10. The Labute approximate surface area is 128 Å². The normalized spacial score (nSPS) is 10.5. The van der Waals surface area contributed by atoms with Gasteiger partial charge in [-0.2, -0.15) is 15.2 Å². The van der Waals surface area contributed by atoms with Gasteiger partial charge in [0.2, 0.25) is 5.82 Å². The van der Waals surface area contributed by atoms with E-state index in [2.05, 4.69) is 42.5 Å². The van der Waals surface area contributed by atoms with Gasteiger partial charge in [-0.1, -0.05) is 12.1 Å². The minimum absolute atomic E-state index is 0.497. The van der Waals surface area contributed by atoms with Crippen molar-refractivity contribution < 1.29 is 0 Å². The first-order chi connectivity index (χ1) is 10.2. The molecule has 0 N–H and O–H groups in total. The van der Waals surface area contributed by atoms with E-state index < -0.39 is 0 Å². The topological polar surface area (TPSA) is 85.2 Å². The number of tetrazole rings is 1. The second kappa shape index (κ2) is 5.46. The molecule has 2 heterocycles. The zero-order valence-electron chi connectivity index (χ0n) is 11.1. The number of aromatic nitrogens is 6. The van der Waals surface area contributed by atoms with E-state index in [0.29, 0.717) is 17.9 Å². The van der Waals surface area contributed by atoms with Crippen LogP contribution in [0.25, 0.3) is 11.4 Å². The van der Waals surface area contributed by atoms with E-state index in [1.54, 1.807) is 23.0 Å². The van der Waals surface area contributed by atoms with Gasteiger partial charge in [0.15, 0.2) is 0 Å². The van der Waals surface area contributed by atoms with E-state index in [9.17, 15) is 0 Å². The molecule has 0 saturated carbocycles. The molecule has 0 spiro atoms. The van der Waals surface area contributed by atoms with Crippen LogP contribution in [0.2, 0.25) is 0 Å². The van der Waals surface area contributed by atoms with Crippen molar-refractivity contribution in [1.29, 1.82) is 5.26 Å². The first kappa shape index (κ1) is 13.5. The van der Waals surface area contributed by atoms with Gasteiger partial charge in [-0.25, -0.2) is 0 Å².